The first kappa shape index (κ1) is 14.2. The van der Waals surface area contributed by atoms with Crippen LogP contribution in [0.4, 0.5) is 0 Å². The number of hydrazone groups is 1. The number of amidine groups is 1. The number of hydrogen-bond acceptors (Lipinski definition) is 3. The maximum atomic E-state index is 9.38. The van der Waals surface area contributed by atoms with Crippen LogP contribution in [0.5, 0.6) is 5.75 Å². The van der Waals surface area contributed by atoms with Crippen LogP contribution in [0.1, 0.15) is 5.56 Å². The molecule has 0 bridgehead atoms. The fourth-order valence-corrected chi connectivity index (χ4v) is 0.965. The van der Waals surface area contributed by atoms with Gasteiger partial charge in [-0.3, -0.25) is 0 Å². The number of nitrogens with two attached hydrogens (primary N) is 1. The first-order valence-corrected chi connectivity index (χ1v) is 5.20. The highest BCUT2D eigenvalue weighted by Crippen LogP contribution is 2.11. The van der Waals surface area contributed by atoms with E-state index in [0.717, 1.165) is 0 Å². The number of aromatic hydroxyl groups is 1. The Bertz CT molecular complexity index is 368. The fourth-order valence-electron chi connectivity index (χ4n) is 0.821. The maximum absolute atomic E-state index is 9.38. The summed E-state index contributed by atoms with van der Waals surface area (Å²) in [6.45, 7) is 0. The van der Waals surface area contributed by atoms with Gasteiger partial charge in [-0.1, -0.05) is 23.9 Å². The second kappa shape index (κ2) is 7.52. The van der Waals surface area contributed by atoms with Crippen molar-refractivity contribution in [1.82, 2.24) is 0 Å². The molecule has 0 aromatic heterocycles. The quantitative estimate of drug-likeness (QED) is 0.227. The molecule has 4 nitrogen and oxygen atoms in total. The van der Waals surface area contributed by atoms with Crippen LogP contribution in [-0.4, -0.2) is 22.7 Å². The van der Waals surface area contributed by atoms with Crippen LogP contribution in [0.2, 0.25) is 0 Å². The zero-order valence-electron chi connectivity index (χ0n) is 8.14. The lowest BCUT2D eigenvalue weighted by molar-refractivity contribution is -0.456. The van der Waals surface area contributed by atoms with Crippen molar-refractivity contribution in [2.75, 3.05) is 6.26 Å². The minimum absolute atomic E-state index is 0. The van der Waals surface area contributed by atoms with Crippen molar-refractivity contribution >= 4 is 23.1 Å². The molecule has 1 aromatic carbocycles. The van der Waals surface area contributed by atoms with Gasteiger partial charge in [-0.15, -0.1) is 5.10 Å². The Morgan fingerprint density at radius 2 is 2.20 bits per heavy atom. The largest absolute Gasteiger partial charge is 1.00 e. The Morgan fingerprint density at radius 3 is 2.80 bits per heavy atom. The third kappa shape index (κ3) is 5.03. The van der Waals surface area contributed by atoms with Gasteiger partial charge in [0, 0.05) is 5.10 Å². The monoisotopic (exact) mass is 337 g/mol. The van der Waals surface area contributed by atoms with Crippen LogP contribution in [0.15, 0.2) is 29.4 Å². The number of para-hydroxylation sites is 1. The van der Waals surface area contributed by atoms with E-state index >= 15 is 0 Å². The topological polar surface area (TPSA) is 72.6 Å². The molecule has 4 N–H and O–H groups in total. The molecule has 0 spiro atoms. The van der Waals surface area contributed by atoms with Gasteiger partial charge in [-0.2, -0.15) is 0 Å². The number of rotatable bonds is 2. The number of phenols is 1. The maximum Gasteiger partial charge on any atom is 0.225 e. The van der Waals surface area contributed by atoms with Crippen molar-refractivity contribution in [3.05, 3.63) is 29.8 Å². The zero-order valence-corrected chi connectivity index (χ0v) is 11.1. The lowest BCUT2D eigenvalue weighted by Gasteiger charge is -1.91. The summed E-state index contributed by atoms with van der Waals surface area (Å²) in [6, 6.07) is 6.96. The van der Waals surface area contributed by atoms with Gasteiger partial charge in [0.15, 0.2) is 0 Å². The average Bonchev–Trinajstić information content (AvgIpc) is 2.20. The molecule has 0 saturated heterocycles. The fraction of sp³-hybridized carbons (Fsp3) is 0.111. The highest BCUT2D eigenvalue weighted by Gasteiger charge is 1.97. The predicted octanol–water partition coefficient (Wildman–Crippen LogP) is -3.51. The van der Waals surface area contributed by atoms with Gasteiger partial charge in [0.25, 0.3) is 0 Å². The molecule has 0 atom stereocenters. The van der Waals surface area contributed by atoms with E-state index in [1.807, 2.05) is 12.3 Å². The third-order valence-corrected chi connectivity index (χ3v) is 2.05. The zero-order chi connectivity index (χ0) is 10.4. The number of phenolic OH excluding ortho intramolecular Hbond substituents is 1. The summed E-state index contributed by atoms with van der Waals surface area (Å²) in [6.07, 6.45) is 3.42. The molecule has 0 heterocycles. The number of nitrogens with zero attached hydrogens (tertiary/aromatic N) is 1. The normalized spacial score (nSPS) is 11.4. The molecule has 0 aliphatic heterocycles. The SMILES string of the molecule is CS/C(N)=N\[NH+]=C/c1ccccc1O.[I-]. The van der Waals surface area contributed by atoms with E-state index in [2.05, 4.69) is 10.2 Å². The highest BCUT2D eigenvalue weighted by atomic mass is 127. The Hall–Kier alpha value is -0.760. The molecule has 15 heavy (non-hydrogen) atoms. The summed E-state index contributed by atoms with van der Waals surface area (Å²) >= 11 is 1.35. The average molecular weight is 337 g/mol. The van der Waals surface area contributed by atoms with Crippen LogP contribution in [0.25, 0.3) is 0 Å². The molecule has 82 valence electrons. The van der Waals surface area contributed by atoms with Gasteiger partial charge < -0.3 is 34.8 Å². The molecule has 0 amide bonds. The molecule has 0 radical (unpaired) electrons. The molecule has 1 aromatic rings. The lowest BCUT2D eigenvalue weighted by Crippen LogP contribution is -3.00. The van der Waals surface area contributed by atoms with Gasteiger partial charge in [0.1, 0.15) is 5.75 Å². The Morgan fingerprint density at radius 1 is 1.53 bits per heavy atom. The summed E-state index contributed by atoms with van der Waals surface area (Å²) in [4.78, 5) is 0. The standard InChI is InChI=1S/C9H11N3OS.HI/c1-14-9(10)12-11-6-7-4-2-3-5-8(7)13;/h2-6,13H,1H3,(H2,10,12);1H/b11-6-;. The van der Waals surface area contributed by atoms with Gasteiger partial charge in [0.2, 0.25) is 11.4 Å². The predicted molar refractivity (Wildman–Crippen MR) is 59.4 cm³/mol. The van der Waals surface area contributed by atoms with Gasteiger partial charge >= 0.3 is 0 Å². The van der Waals surface area contributed by atoms with Crippen LogP contribution >= 0.6 is 11.8 Å². The molecule has 0 saturated carbocycles. The van der Waals surface area contributed by atoms with E-state index in [4.69, 9.17) is 5.73 Å². The Labute approximate surface area is 110 Å². The summed E-state index contributed by atoms with van der Waals surface area (Å²) in [5.74, 6) is 0.206. The third-order valence-electron chi connectivity index (χ3n) is 1.54. The van der Waals surface area contributed by atoms with E-state index in [1.165, 1.54) is 11.8 Å². The molecule has 0 fully saturated rings. The van der Waals surface area contributed by atoms with Gasteiger partial charge in [-0.25, -0.2) is 0 Å². The number of nitrogens with one attached hydrogen (secondary N) is 1. The van der Waals surface area contributed by atoms with Crippen LogP contribution in [-0.2, 0) is 0 Å². The minimum atomic E-state index is 0. The Balaban J connectivity index is 0.00000196. The van der Waals surface area contributed by atoms with Crippen molar-refractivity contribution < 1.29 is 34.2 Å². The summed E-state index contributed by atoms with van der Waals surface area (Å²) in [5, 5.41) is 16.3. The van der Waals surface area contributed by atoms with Gasteiger partial charge in [-0.05, 0) is 18.4 Å². The van der Waals surface area contributed by atoms with E-state index in [1.54, 1.807) is 24.4 Å². The molecular formula is C9H12IN3OS. The molecular weight excluding hydrogens is 325 g/mol. The number of hydrogen-bond donors (Lipinski definition) is 3. The smallest absolute Gasteiger partial charge is 0.225 e. The van der Waals surface area contributed by atoms with Crippen molar-refractivity contribution in [2.24, 2.45) is 10.8 Å². The van der Waals surface area contributed by atoms with Crippen molar-refractivity contribution in [3.8, 4) is 5.75 Å². The first-order valence-electron chi connectivity index (χ1n) is 3.98. The molecule has 6 heteroatoms. The minimum Gasteiger partial charge on any atom is -1.00 e. The Kier molecular flexibility index (Phi) is 7.14. The van der Waals surface area contributed by atoms with E-state index in [0.29, 0.717) is 10.7 Å². The van der Waals surface area contributed by atoms with Crippen LogP contribution in [0, 0.1) is 0 Å². The first-order chi connectivity index (χ1) is 6.74. The number of benzene rings is 1. The van der Waals surface area contributed by atoms with Crippen molar-refractivity contribution in [1.29, 1.82) is 0 Å². The number of halogens is 1. The highest BCUT2D eigenvalue weighted by molar-refractivity contribution is 8.13. The van der Waals surface area contributed by atoms with Crippen LogP contribution < -0.4 is 34.8 Å². The second-order valence-corrected chi connectivity index (χ2v) is 3.31. The van der Waals surface area contributed by atoms with Crippen molar-refractivity contribution in [2.45, 2.75) is 0 Å². The summed E-state index contributed by atoms with van der Waals surface area (Å²) < 4.78 is 0. The summed E-state index contributed by atoms with van der Waals surface area (Å²) in [5.41, 5.74) is 6.11. The summed E-state index contributed by atoms with van der Waals surface area (Å²) in [7, 11) is 0. The van der Waals surface area contributed by atoms with Gasteiger partial charge in [0.05, 0.1) is 5.56 Å². The van der Waals surface area contributed by atoms with E-state index in [-0.39, 0.29) is 29.7 Å². The van der Waals surface area contributed by atoms with E-state index < -0.39 is 0 Å². The van der Waals surface area contributed by atoms with E-state index in [9.17, 15) is 5.11 Å². The number of thioether (sulfide) groups is 1. The lowest BCUT2D eigenvalue weighted by atomic mass is 10.2. The second-order valence-electron chi connectivity index (χ2n) is 2.49. The molecule has 0 aliphatic rings. The van der Waals surface area contributed by atoms with Crippen LogP contribution in [0.3, 0.4) is 0 Å². The molecule has 1 rings (SSSR count). The molecule has 0 unspecified atom stereocenters. The molecule has 0 aliphatic carbocycles. The van der Waals surface area contributed by atoms with Crippen molar-refractivity contribution in [3.63, 3.8) is 0 Å².